The zero-order valence-electron chi connectivity index (χ0n) is 10.1. The number of ether oxygens (including phenoxy) is 1. The molecule has 0 spiro atoms. The smallest absolute Gasteiger partial charge is 0.168 e. The van der Waals surface area contributed by atoms with Crippen LogP contribution in [-0.2, 0) is 0 Å². The Morgan fingerprint density at radius 1 is 1.56 bits per heavy atom. The second-order valence-corrected chi connectivity index (χ2v) is 4.47. The van der Waals surface area contributed by atoms with Gasteiger partial charge in [0, 0.05) is 12.2 Å². The van der Waals surface area contributed by atoms with Gasteiger partial charge in [0.15, 0.2) is 11.6 Å². The Labute approximate surface area is 97.2 Å². The zero-order valence-corrected chi connectivity index (χ0v) is 10.1. The SMILES string of the molecule is CCCOc1cccnc1NC(C)C1CC1. The zero-order chi connectivity index (χ0) is 11.4. The van der Waals surface area contributed by atoms with Gasteiger partial charge in [0.2, 0.25) is 0 Å². The largest absolute Gasteiger partial charge is 0.490 e. The molecule has 1 aromatic rings. The van der Waals surface area contributed by atoms with E-state index < -0.39 is 0 Å². The maximum atomic E-state index is 5.66. The molecular formula is C13H20N2O. The molecule has 1 N–H and O–H groups in total. The predicted octanol–water partition coefficient (Wildman–Crippen LogP) is 3.08. The molecule has 3 nitrogen and oxygen atoms in total. The minimum atomic E-state index is 0.499. The fourth-order valence-electron chi connectivity index (χ4n) is 1.76. The van der Waals surface area contributed by atoms with Crippen LogP contribution in [0.25, 0.3) is 0 Å². The molecule has 3 heteroatoms. The highest BCUT2D eigenvalue weighted by atomic mass is 16.5. The van der Waals surface area contributed by atoms with Gasteiger partial charge >= 0.3 is 0 Å². The van der Waals surface area contributed by atoms with E-state index in [4.69, 9.17) is 4.74 Å². The quantitative estimate of drug-likeness (QED) is 0.800. The van der Waals surface area contributed by atoms with Crippen molar-refractivity contribution in [3.63, 3.8) is 0 Å². The van der Waals surface area contributed by atoms with Crippen molar-refractivity contribution in [3.8, 4) is 5.75 Å². The van der Waals surface area contributed by atoms with Crippen LogP contribution in [-0.4, -0.2) is 17.6 Å². The number of rotatable bonds is 6. The van der Waals surface area contributed by atoms with Crippen LogP contribution < -0.4 is 10.1 Å². The van der Waals surface area contributed by atoms with Crippen LogP contribution in [0.15, 0.2) is 18.3 Å². The molecule has 1 unspecified atom stereocenters. The van der Waals surface area contributed by atoms with Crippen molar-refractivity contribution in [2.24, 2.45) is 5.92 Å². The van der Waals surface area contributed by atoms with Gasteiger partial charge in [0.25, 0.3) is 0 Å². The third kappa shape index (κ3) is 2.87. The van der Waals surface area contributed by atoms with Crippen LogP contribution in [0.3, 0.4) is 0 Å². The van der Waals surface area contributed by atoms with Crippen molar-refractivity contribution in [1.29, 1.82) is 0 Å². The van der Waals surface area contributed by atoms with Crippen molar-refractivity contribution in [1.82, 2.24) is 4.98 Å². The van der Waals surface area contributed by atoms with Crippen LogP contribution in [0, 0.1) is 5.92 Å². The summed E-state index contributed by atoms with van der Waals surface area (Å²) in [5.41, 5.74) is 0. The first-order chi connectivity index (χ1) is 7.81. The lowest BCUT2D eigenvalue weighted by Gasteiger charge is -2.16. The summed E-state index contributed by atoms with van der Waals surface area (Å²) in [7, 11) is 0. The van der Waals surface area contributed by atoms with Crippen LogP contribution in [0.1, 0.15) is 33.1 Å². The van der Waals surface area contributed by atoms with Crippen molar-refractivity contribution in [3.05, 3.63) is 18.3 Å². The molecule has 0 bridgehead atoms. The topological polar surface area (TPSA) is 34.1 Å². The molecule has 1 fully saturated rings. The number of hydrogen-bond acceptors (Lipinski definition) is 3. The molecule has 1 saturated carbocycles. The third-order valence-corrected chi connectivity index (χ3v) is 2.93. The third-order valence-electron chi connectivity index (χ3n) is 2.93. The van der Waals surface area contributed by atoms with Crippen LogP contribution >= 0.6 is 0 Å². The maximum Gasteiger partial charge on any atom is 0.168 e. The van der Waals surface area contributed by atoms with Crippen molar-refractivity contribution < 1.29 is 4.74 Å². The molecule has 1 atom stereocenters. The summed E-state index contributed by atoms with van der Waals surface area (Å²) in [6.07, 6.45) is 5.51. The molecule has 88 valence electrons. The highest BCUT2D eigenvalue weighted by molar-refractivity contribution is 5.50. The monoisotopic (exact) mass is 220 g/mol. The van der Waals surface area contributed by atoms with Crippen molar-refractivity contribution in [2.45, 2.75) is 39.2 Å². The molecule has 1 aromatic heterocycles. The Bertz CT molecular complexity index is 336. The second kappa shape index (κ2) is 5.19. The van der Waals surface area contributed by atoms with Crippen molar-refractivity contribution >= 4 is 5.82 Å². The lowest BCUT2D eigenvalue weighted by atomic mass is 10.2. The molecule has 1 aliphatic carbocycles. The van der Waals surface area contributed by atoms with E-state index in [-0.39, 0.29) is 0 Å². The molecule has 1 aliphatic rings. The first-order valence-corrected chi connectivity index (χ1v) is 6.15. The van der Waals surface area contributed by atoms with E-state index in [9.17, 15) is 0 Å². The molecule has 2 rings (SSSR count). The summed E-state index contributed by atoms with van der Waals surface area (Å²) >= 11 is 0. The number of nitrogens with one attached hydrogen (secondary N) is 1. The summed E-state index contributed by atoms with van der Waals surface area (Å²) in [6.45, 7) is 5.07. The summed E-state index contributed by atoms with van der Waals surface area (Å²) in [6, 6.07) is 4.39. The molecule has 0 aromatic carbocycles. The molecule has 0 amide bonds. The molecule has 0 radical (unpaired) electrons. The van der Waals surface area contributed by atoms with E-state index in [1.54, 1.807) is 6.20 Å². The average Bonchev–Trinajstić information content (AvgIpc) is 3.11. The molecule has 0 saturated heterocycles. The minimum Gasteiger partial charge on any atom is -0.490 e. The number of nitrogens with zero attached hydrogens (tertiary/aromatic N) is 1. The highest BCUT2D eigenvalue weighted by Crippen LogP contribution is 2.34. The normalized spacial score (nSPS) is 16.9. The Morgan fingerprint density at radius 3 is 3.06 bits per heavy atom. The molecule has 1 heterocycles. The molecule has 16 heavy (non-hydrogen) atoms. The van der Waals surface area contributed by atoms with Crippen LogP contribution in [0.4, 0.5) is 5.82 Å². The first kappa shape index (κ1) is 11.2. The number of anilines is 1. The highest BCUT2D eigenvalue weighted by Gasteiger charge is 2.28. The van der Waals surface area contributed by atoms with Gasteiger partial charge < -0.3 is 10.1 Å². The summed E-state index contributed by atoms with van der Waals surface area (Å²) in [5, 5.41) is 3.45. The average molecular weight is 220 g/mol. The lowest BCUT2D eigenvalue weighted by molar-refractivity contribution is 0.317. The van der Waals surface area contributed by atoms with Crippen molar-refractivity contribution in [2.75, 3.05) is 11.9 Å². The number of aromatic nitrogens is 1. The van der Waals surface area contributed by atoms with E-state index in [0.29, 0.717) is 6.04 Å². The number of pyridine rings is 1. The van der Waals surface area contributed by atoms with E-state index in [2.05, 4.69) is 24.1 Å². The summed E-state index contributed by atoms with van der Waals surface area (Å²) < 4.78 is 5.66. The Morgan fingerprint density at radius 2 is 2.38 bits per heavy atom. The van der Waals surface area contributed by atoms with Crippen LogP contribution in [0.2, 0.25) is 0 Å². The van der Waals surface area contributed by atoms with E-state index in [1.165, 1.54) is 12.8 Å². The van der Waals surface area contributed by atoms with E-state index in [1.807, 2.05) is 12.1 Å². The fraction of sp³-hybridized carbons (Fsp3) is 0.615. The second-order valence-electron chi connectivity index (χ2n) is 4.47. The lowest BCUT2D eigenvalue weighted by Crippen LogP contribution is -2.18. The summed E-state index contributed by atoms with van der Waals surface area (Å²) in [5.74, 6) is 2.58. The minimum absolute atomic E-state index is 0.499. The summed E-state index contributed by atoms with van der Waals surface area (Å²) in [4.78, 5) is 4.35. The van der Waals surface area contributed by atoms with E-state index >= 15 is 0 Å². The standard InChI is InChI=1S/C13H20N2O/c1-3-9-16-12-5-4-8-14-13(12)15-10(2)11-6-7-11/h4-5,8,10-11H,3,6-7,9H2,1-2H3,(H,14,15). The Balaban J connectivity index is 2.00. The molecule has 0 aliphatic heterocycles. The Hall–Kier alpha value is -1.25. The fourth-order valence-corrected chi connectivity index (χ4v) is 1.76. The van der Waals surface area contributed by atoms with Gasteiger partial charge in [-0.25, -0.2) is 4.98 Å². The van der Waals surface area contributed by atoms with Gasteiger partial charge in [-0.3, -0.25) is 0 Å². The van der Waals surface area contributed by atoms with Gasteiger partial charge in [0.1, 0.15) is 0 Å². The van der Waals surface area contributed by atoms with Gasteiger partial charge in [0.05, 0.1) is 6.61 Å². The van der Waals surface area contributed by atoms with Gasteiger partial charge in [-0.1, -0.05) is 6.92 Å². The van der Waals surface area contributed by atoms with Gasteiger partial charge in [-0.05, 0) is 44.2 Å². The first-order valence-electron chi connectivity index (χ1n) is 6.15. The number of hydrogen-bond donors (Lipinski definition) is 1. The van der Waals surface area contributed by atoms with E-state index in [0.717, 1.165) is 30.5 Å². The van der Waals surface area contributed by atoms with Gasteiger partial charge in [-0.2, -0.15) is 0 Å². The molecular weight excluding hydrogens is 200 g/mol. The van der Waals surface area contributed by atoms with Crippen LogP contribution in [0.5, 0.6) is 5.75 Å². The Kier molecular flexibility index (Phi) is 3.65. The van der Waals surface area contributed by atoms with Gasteiger partial charge in [-0.15, -0.1) is 0 Å². The predicted molar refractivity (Wildman–Crippen MR) is 65.8 cm³/mol. The maximum absolute atomic E-state index is 5.66.